The van der Waals surface area contributed by atoms with Gasteiger partial charge in [-0.05, 0) is 48.7 Å². The summed E-state index contributed by atoms with van der Waals surface area (Å²) >= 11 is 5.92. The predicted octanol–water partition coefficient (Wildman–Crippen LogP) is 4.04. The van der Waals surface area contributed by atoms with E-state index in [9.17, 15) is 4.79 Å². The van der Waals surface area contributed by atoms with Crippen LogP contribution in [0.25, 0.3) is 0 Å². The molecule has 3 rings (SSSR count). The van der Waals surface area contributed by atoms with Crippen molar-refractivity contribution in [2.75, 3.05) is 38.0 Å². The molecule has 1 saturated heterocycles. The van der Waals surface area contributed by atoms with Crippen LogP contribution in [0.2, 0.25) is 5.02 Å². The van der Waals surface area contributed by atoms with E-state index >= 15 is 0 Å². The largest absolute Gasteiger partial charge is 0.322 e. The summed E-state index contributed by atoms with van der Waals surface area (Å²) in [5.74, 6) is 0. The number of anilines is 1. The summed E-state index contributed by atoms with van der Waals surface area (Å²) < 4.78 is 0. The van der Waals surface area contributed by atoms with E-state index in [1.165, 1.54) is 5.56 Å². The van der Waals surface area contributed by atoms with Crippen LogP contribution in [0.5, 0.6) is 0 Å². The number of rotatable bonds is 4. The number of benzene rings is 2. The lowest BCUT2D eigenvalue weighted by atomic mass is 10.1. The molecule has 5 heteroatoms. The van der Waals surface area contributed by atoms with Gasteiger partial charge in [0.15, 0.2) is 0 Å². The molecule has 0 atom stereocenters. The van der Waals surface area contributed by atoms with E-state index in [-0.39, 0.29) is 6.03 Å². The molecular weight excluding hydrogens is 334 g/mol. The monoisotopic (exact) mass is 357 g/mol. The Morgan fingerprint density at radius 1 is 1.08 bits per heavy atom. The molecule has 0 aromatic heterocycles. The number of amides is 2. The van der Waals surface area contributed by atoms with Gasteiger partial charge in [0.1, 0.15) is 0 Å². The molecule has 132 valence electrons. The van der Waals surface area contributed by atoms with Crippen molar-refractivity contribution in [3.63, 3.8) is 0 Å². The SMILES string of the molecule is Cc1cccc(NC(=O)N2CCN(CCc3ccc(Cl)cc3)CC2)c1. The fourth-order valence-electron chi connectivity index (χ4n) is 3.04. The summed E-state index contributed by atoms with van der Waals surface area (Å²) in [7, 11) is 0. The molecule has 1 fully saturated rings. The first-order chi connectivity index (χ1) is 12.1. The van der Waals surface area contributed by atoms with Gasteiger partial charge >= 0.3 is 6.03 Å². The van der Waals surface area contributed by atoms with Gasteiger partial charge < -0.3 is 10.2 Å². The lowest BCUT2D eigenvalue weighted by Gasteiger charge is -2.34. The smallest absolute Gasteiger partial charge is 0.321 e. The number of urea groups is 1. The summed E-state index contributed by atoms with van der Waals surface area (Å²) in [4.78, 5) is 16.7. The second-order valence-corrected chi connectivity index (χ2v) is 6.94. The summed E-state index contributed by atoms with van der Waals surface area (Å²) in [6.45, 7) is 6.38. The maximum Gasteiger partial charge on any atom is 0.321 e. The zero-order chi connectivity index (χ0) is 17.6. The summed E-state index contributed by atoms with van der Waals surface area (Å²) in [5, 5.41) is 3.76. The van der Waals surface area contributed by atoms with Crippen molar-refractivity contribution in [3.8, 4) is 0 Å². The van der Waals surface area contributed by atoms with Crippen LogP contribution in [-0.2, 0) is 6.42 Å². The van der Waals surface area contributed by atoms with Crippen LogP contribution in [0, 0.1) is 6.92 Å². The summed E-state index contributed by atoms with van der Waals surface area (Å²) in [5.41, 5.74) is 3.30. The van der Waals surface area contributed by atoms with Crippen LogP contribution in [0.15, 0.2) is 48.5 Å². The number of nitrogens with one attached hydrogen (secondary N) is 1. The van der Waals surface area contributed by atoms with Gasteiger partial charge in [-0.2, -0.15) is 0 Å². The fraction of sp³-hybridized carbons (Fsp3) is 0.350. The third-order valence-electron chi connectivity index (χ3n) is 4.56. The van der Waals surface area contributed by atoms with E-state index in [0.29, 0.717) is 0 Å². The molecule has 4 nitrogen and oxygen atoms in total. The summed E-state index contributed by atoms with van der Waals surface area (Å²) in [6.07, 6.45) is 1.01. The molecular formula is C20H24ClN3O. The first-order valence-corrected chi connectivity index (χ1v) is 9.07. The number of halogens is 1. The molecule has 25 heavy (non-hydrogen) atoms. The highest BCUT2D eigenvalue weighted by Crippen LogP contribution is 2.13. The lowest BCUT2D eigenvalue weighted by Crippen LogP contribution is -2.50. The van der Waals surface area contributed by atoms with Gasteiger partial charge in [0.05, 0.1) is 0 Å². The number of piperazine rings is 1. The minimum Gasteiger partial charge on any atom is -0.322 e. The van der Waals surface area contributed by atoms with E-state index in [1.54, 1.807) is 0 Å². The highest BCUT2D eigenvalue weighted by molar-refractivity contribution is 6.30. The quantitative estimate of drug-likeness (QED) is 0.896. The first kappa shape index (κ1) is 17.8. The maximum atomic E-state index is 12.4. The third-order valence-corrected chi connectivity index (χ3v) is 4.81. The van der Waals surface area contributed by atoms with Gasteiger partial charge in [-0.1, -0.05) is 35.9 Å². The Morgan fingerprint density at radius 3 is 2.48 bits per heavy atom. The van der Waals surface area contributed by atoms with Crippen molar-refractivity contribution in [1.29, 1.82) is 0 Å². The minimum atomic E-state index is -0.0112. The Labute approximate surface area is 154 Å². The Bertz CT molecular complexity index is 709. The average Bonchev–Trinajstić information content (AvgIpc) is 2.62. The van der Waals surface area contributed by atoms with Crippen molar-refractivity contribution >= 4 is 23.3 Å². The van der Waals surface area contributed by atoms with Gasteiger partial charge in [-0.3, -0.25) is 4.90 Å². The number of carbonyl (C=O) groups is 1. The Hall–Kier alpha value is -2.04. The highest BCUT2D eigenvalue weighted by atomic mass is 35.5. The van der Waals surface area contributed by atoms with Gasteiger partial charge in [-0.25, -0.2) is 4.79 Å². The van der Waals surface area contributed by atoms with Crippen molar-refractivity contribution in [2.45, 2.75) is 13.3 Å². The predicted molar refractivity (Wildman–Crippen MR) is 103 cm³/mol. The van der Waals surface area contributed by atoms with E-state index in [0.717, 1.165) is 55.4 Å². The van der Waals surface area contributed by atoms with Crippen molar-refractivity contribution in [3.05, 3.63) is 64.7 Å². The molecule has 0 aliphatic carbocycles. The first-order valence-electron chi connectivity index (χ1n) is 8.69. The second kappa shape index (κ2) is 8.37. The zero-order valence-electron chi connectivity index (χ0n) is 14.5. The minimum absolute atomic E-state index is 0.0112. The van der Waals surface area contributed by atoms with Crippen LogP contribution in [-0.4, -0.2) is 48.6 Å². The van der Waals surface area contributed by atoms with E-state index in [1.807, 2.05) is 48.2 Å². The zero-order valence-corrected chi connectivity index (χ0v) is 15.3. The van der Waals surface area contributed by atoms with E-state index in [4.69, 9.17) is 11.6 Å². The fourth-order valence-corrected chi connectivity index (χ4v) is 3.16. The Morgan fingerprint density at radius 2 is 1.80 bits per heavy atom. The van der Waals surface area contributed by atoms with Gasteiger partial charge in [-0.15, -0.1) is 0 Å². The summed E-state index contributed by atoms with van der Waals surface area (Å²) in [6, 6.07) is 15.9. The molecule has 0 spiro atoms. The van der Waals surface area contributed by atoms with Crippen LogP contribution in [0.3, 0.4) is 0 Å². The van der Waals surface area contributed by atoms with Crippen LogP contribution >= 0.6 is 11.6 Å². The molecule has 2 aromatic rings. The standard InChI is InChI=1S/C20H24ClN3O/c1-16-3-2-4-19(15-16)22-20(25)24-13-11-23(12-14-24)10-9-17-5-7-18(21)8-6-17/h2-8,15H,9-14H2,1H3,(H,22,25). The van der Waals surface area contributed by atoms with Crippen LogP contribution in [0.4, 0.5) is 10.5 Å². The van der Waals surface area contributed by atoms with Gasteiger partial charge in [0.2, 0.25) is 0 Å². The number of hydrogen-bond acceptors (Lipinski definition) is 2. The Balaban J connectivity index is 1.43. The highest BCUT2D eigenvalue weighted by Gasteiger charge is 2.20. The number of hydrogen-bond donors (Lipinski definition) is 1. The topological polar surface area (TPSA) is 35.6 Å². The molecule has 0 radical (unpaired) electrons. The number of nitrogens with zero attached hydrogens (tertiary/aromatic N) is 2. The Kier molecular flexibility index (Phi) is 5.95. The lowest BCUT2D eigenvalue weighted by molar-refractivity contribution is 0.148. The van der Waals surface area contributed by atoms with Crippen molar-refractivity contribution in [1.82, 2.24) is 9.80 Å². The van der Waals surface area contributed by atoms with Crippen LogP contribution in [0.1, 0.15) is 11.1 Å². The number of aryl methyl sites for hydroxylation is 1. The van der Waals surface area contributed by atoms with Gasteiger partial charge in [0, 0.05) is 43.4 Å². The molecule has 2 amide bonds. The number of carbonyl (C=O) groups excluding carboxylic acids is 1. The second-order valence-electron chi connectivity index (χ2n) is 6.50. The molecule has 1 aliphatic rings. The maximum absolute atomic E-state index is 12.4. The molecule has 0 unspecified atom stereocenters. The molecule has 0 saturated carbocycles. The molecule has 0 bridgehead atoms. The van der Waals surface area contributed by atoms with E-state index < -0.39 is 0 Å². The van der Waals surface area contributed by atoms with Crippen molar-refractivity contribution in [2.24, 2.45) is 0 Å². The molecule has 1 heterocycles. The van der Waals surface area contributed by atoms with Gasteiger partial charge in [0.25, 0.3) is 0 Å². The van der Waals surface area contributed by atoms with Crippen molar-refractivity contribution < 1.29 is 4.79 Å². The molecule has 1 N–H and O–H groups in total. The van der Waals surface area contributed by atoms with Crippen LogP contribution < -0.4 is 5.32 Å². The molecule has 1 aliphatic heterocycles. The third kappa shape index (κ3) is 5.21. The normalized spacial score (nSPS) is 15.2. The molecule has 2 aromatic carbocycles. The average molecular weight is 358 g/mol. The van der Waals surface area contributed by atoms with E-state index in [2.05, 4.69) is 22.3 Å².